The van der Waals surface area contributed by atoms with Crippen LogP contribution in [0.3, 0.4) is 0 Å². The van der Waals surface area contributed by atoms with Crippen molar-refractivity contribution in [2.45, 2.75) is 45.3 Å². The average molecular weight is 462 g/mol. The predicted octanol–water partition coefficient (Wildman–Crippen LogP) is 3.90. The molecular weight excluding hydrogens is 434 g/mol. The van der Waals surface area contributed by atoms with Crippen LogP contribution in [0.15, 0.2) is 41.1 Å². The first kappa shape index (κ1) is 21.1. The zero-order chi connectivity index (χ0) is 23.2. The quantitative estimate of drug-likeness (QED) is 0.442. The Morgan fingerprint density at radius 1 is 1.15 bits per heavy atom. The maximum atomic E-state index is 11.5. The third-order valence-corrected chi connectivity index (χ3v) is 6.55. The first-order valence-corrected chi connectivity index (χ1v) is 11.8. The molecule has 2 aliphatic rings. The summed E-state index contributed by atoms with van der Waals surface area (Å²) < 4.78 is 19.8. The molecule has 0 N–H and O–H groups in total. The second-order valence-electron chi connectivity index (χ2n) is 9.36. The van der Waals surface area contributed by atoms with Gasteiger partial charge in [-0.15, -0.1) is 5.10 Å². The first-order chi connectivity index (χ1) is 16.5. The van der Waals surface area contributed by atoms with Crippen LogP contribution in [0, 0.1) is 5.92 Å². The van der Waals surface area contributed by atoms with Crippen molar-refractivity contribution in [3.63, 3.8) is 0 Å². The first-order valence-electron chi connectivity index (χ1n) is 11.8. The molecule has 1 aliphatic heterocycles. The van der Waals surface area contributed by atoms with E-state index in [1.54, 1.807) is 16.9 Å². The van der Waals surface area contributed by atoms with Crippen molar-refractivity contribution in [3.8, 4) is 17.3 Å². The standard InChI is InChI=1S/C25H27N5O4/c1-15-12-29(13-16(2)33-15)25-19-10-22(34-21(19)7-8-26-25)20-11-27-23-5-6-24(28-30(20)23)32-14-17-3-4-18(31)9-17/h5-8,10-11,15-17H,3-4,9,12-14H2,1-2H3/t15-,16+,17-/m0/s1. The van der Waals surface area contributed by atoms with E-state index in [2.05, 4.69) is 33.8 Å². The van der Waals surface area contributed by atoms with Crippen molar-refractivity contribution in [2.24, 2.45) is 5.92 Å². The van der Waals surface area contributed by atoms with Crippen LogP contribution in [0.1, 0.15) is 33.1 Å². The highest BCUT2D eigenvalue weighted by Crippen LogP contribution is 2.34. The normalized spacial score (nSPS) is 23.3. The lowest BCUT2D eigenvalue weighted by Gasteiger charge is -2.36. The SMILES string of the molecule is C[C@@H]1CN(c2nccc3oc(-c4cnc5ccc(OC[C@H]6CCC(=O)C6)nn45)cc23)C[C@H](C)O1. The second kappa shape index (κ2) is 8.39. The predicted molar refractivity (Wildman–Crippen MR) is 126 cm³/mol. The van der Waals surface area contributed by atoms with Gasteiger partial charge in [-0.3, -0.25) is 4.79 Å². The van der Waals surface area contributed by atoms with Gasteiger partial charge in [0.1, 0.15) is 22.9 Å². The van der Waals surface area contributed by atoms with Crippen molar-refractivity contribution < 1.29 is 18.7 Å². The molecule has 1 aliphatic carbocycles. The molecule has 9 heteroatoms. The van der Waals surface area contributed by atoms with E-state index in [9.17, 15) is 4.79 Å². The lowest BCUT2D eigenvalue weighted by Crippen LogP contribution is -2.45. The largest absolute Gasteiger partial charge is 0.476 e. The minimum atomic E-state index is 0.135. The summed E-state index contributed by atoms with van der Waals surface area (Å²) in [6.45, 7) is 6.21. The Bertz CT molecular complexity index is 1350. The summed E-state index contributed by atoms with van der Waals surface area (Å²) >= 11 is 0. The Hall–Kier alpha value is -3.46. The molecule has 5 heterocycles. The number of fused-ring (bicyclic) bond motifs is 2. The van der Waals surface area contributed by atoms with Gasteiger partial charge in [0.05, 0.1) is 30.4 Å². The Balaban J connectivity index is 1.31. The Morgan fingerprint density at radius 2 is 2.00 bits per heavy atom. The van der Waals surface area contributed by atoms with Gasteiger partial charge in [0.15, 0.2) is 11.4 Å². The highest BCUT2D eigenvalue weighted by molar-refractivity contribution is 5.92. The molecule has 34 heavy (non-hydrogen) atoms. The minimum Gasteiger partial charge on any atom is -0.476 e. The summed E-state index contributed by atoms with van der Waals surface area (Å²) in [5.74, 6) is 2.64. The number of Topliss-reactive ketones (excluding diaryl/α,β-unsaturated/α-hetero) is 1. The number of furan rings is 1. The molecule has 0 bridgehead atoms. The van der Waals surface area contributed by atoms with Crippen LogP contribution < -0.4 is 9.64 Å². The smallest absolute Gasteiger partial charge is 0.231 e. The number of aromatic nitrogens is 4. The summed E-state index contributed by atoms with van der Waals surface area (Å²) in [4.78, 5) is 22.9. The van der Waals surface area contributed by atoms with Crippen LogP contribution in [0.2, 0.25) is 0 Å². The molecule has 0 spiro atoms. The number of nitrogens with zero attached hydrogens (tertiary/aromatic N) is 5. The highest BCUT2D eigenvalue weighted by atomic mass is 16.5. The number of carbonyl (C=O) groups is 1. The van der Waals surface area contributed by atoms with Crippen molar-refractivity contribution in [1.29, 1.82) is 0 Å². The van der Waals surface area contributed by atoms with E-state index in [4.69, 9.17) is 13.9 Å². The number of anilines is 1. The van der Waals surface area contributed by atoms with Crippen LogP contribution in [-0.4, -0.2) is 57.3 Å². The van der Waals surface area contributed by atoms with Gasteiger partial charge in [-0.2, -0.15) is 0 Å². The van der Waals surface area contributed by atoms with E-state index in [-0.39, 0.29) is 18.1 Å². The lowest BCUT2D eigenvalue weighted by molar-refractivity contribution is -0.117. The molecule has 0 unspecified atom stereocenters. The van der Waals surface area contributed by atoms with E-state index in [0.29, 0.717) is 42.5 Å². The number of morpholine rings is 1. The second-order valence-corrected chi connectivity index (χ2v) is 9.36. The third-order valence-electron chi connectivity index (χ3n) is 6.55. The summed E-state index contributed by atoms with van der Waals surface area (Å²) in [6.07, 6.45) is 5.93. The number of hydrogen-bond donors (Lipinski definition) is 0. The van der Waals surface area contributed by atoms with E-state index in [1.807, 2.05) is 24.3 Å². The van der Waals surface area contributed by atoms with Crippen molar-refractivity contribution >= 4 is 28.2 Å². The average Bonchev–Trinajstić information content (AvgIpc) is 3.54. The van der Waals surface area contributed by atoms with Crippen LogP contribution in [0.5, 0.6) is 5.88 Å². The molecule has 0 amide bonds. The van der Waals surface area contributed by atoms with Gasteiger partial charge in [0.2, 0.25) is 5.88 Å². The van der Waals surface area contributed by atoms with Crippen LogP contribution in [0.4, 0.5) is 5.82 Å². The fourth-order valence-electron chi connectivity index (χ4n) is 5.02. The van der Waals surface area contributed by atoms with Gasteiger partial charge in [0, 0.05) is 44.1 Å². The topological polar surface area (TPSA) is 95.0 Å². The molecule has 0 aromatic carbocycles. The molecule has 4 aromatic rings. The van der Waals surface area contributed by atoms with Crippen LogP contribution in [0.25, 0.3) is 28.1 Å². The lowest BCUT2D eigenvalue weighted by atomic mass is 10.1. The van der Waals surface area contributed by atoms with Crippen molar-refractivity contribution in [2.75, 3.05) is 24.6 Å². The fourth-order valence-corrected chi connectivity index (χ4v) is 5.02. The number of ether oxygens (including phenoxy) is 2. The van der Waals surface area contributed by atoms with Gasteiger partial charge in [-0.05, 0) is 38.5 Å². The minimum absolute atomic E-state index is 0.135. The number of carbonyl (C=O) groups excluding carboxylic acids is 1. The maximum absolute atomic E-state index is 11.5. The number of imidazole rings is 1. The molecule has 1 saturated carbocycles. The Labute approximate surface area is 196 Å². The third kappa shape index (κ3) is 3.90. The highest BCUT2D eigenvalue weighted by Gasteiger charge is 2.26. The van der Waals surface area contributed by atoms with Crippen LogP contribution >= 0.6 is 0 Å². The summed E-state index contributed by atoms with van der Waals surface area (Å²) in [7, 11) is 0. The molecule has 6 rings (SSSR count). The van der Waals surface area contributed by atoms with Crippen molar-refractivity contribution in [3.05, 3.63) is 36.7 Å². The summed E-state index contributed by atoms with van der Waals surface area (Å²) in [6, 6.07) is 7.57. The van der Waals surface area contributed by atoms with Crippen molar-refractivity contribution in [1.82, 2.24) is 19.6 Å². The molecule has 2 fully saturated rings. The zero-order valence-electron chi connectivity index (χ0n) is 19.3. The molecule has 4 aromatic heterocycles. The summed E-state index contributed by atoms with van der Waals surface area (Å²) in [5.41, 5.74) is 2.20. The Kier molecular flexibility index (Phi) is 5.21. The van der Waals surface area contributed by atoms with Gasteiger partial charge in [-0.1, -0.05) is 0 Å². The van der Waals surface area contributed by atoms with E-state index in [0.717, 1.165) is 42.0 Å². The molecule has 3 atom stereocenters. The number of ketones is 1. The Morgan fingerprint density at radius 3 is 2.79 bits per heavy atom. The van der Waals surface area contributed by atoms with Gasteiger partial charge in [-0.25, -0.2) is 14.5 Å². The fraction of sp³-hybridized carbons (Fsp3) is 0.440. The van der Waals surface area contributed by atoms with Gasteiger partial charge < -0.3 is 18.8 Å². The van der Waals surface area contributed by atoms with Gasteiger partial charge in [0.25, 0.3) is 0 Å². The van der Waals surface area contributed by atoms with E-state index < -0.39 is 0 Å². The summed E-state index contributed by atoms with van der Waals surface area (Å²) in [5, 5.41) is 5.59. The number of hydrogen-bond acceptors (Lipinski definition) is 8. The molecule has 9 nitrogen and oxygen atoms in total. The molecule has 1 saturated heterocycles. The molecule has 0 radical (unpaired) electrons. The van der Waals surface area contributed by atoms with Gasteiger partial charge >= 0.3 is 0 Å². The number of pyridine rings is 1. The zero-order valence-corrected chi connectivity index (χ0v) is 19.3. The maximum Gasteiger partial charge on any atom is 0.231 e. The van der Waals surface area contributed by atoms with Crippen LogP contribution in [-0.2, 0) is 9.53 Å². The van der Waals surface area contributed by atoms with E-state index >= 15 is 0 Å². The number of rotatable bonds is 5. The monoisotopic (exact) mass is 461 g/mol. The molecule has 176 valence electrons. The van der Waals surface area contributed by atoms with E-state index in [1.165, 1.54) is 0 Å². The molecular formula is C25H27N5O4.